The summed E-state index contributed by atoms with van der Waals surface area (Å²) in [7, 11) is 0. The maximum atomic E-state index is 12.2. The second-order valence-corrected chi connectivity index (χ2v) is 6.17. The van der Waals surface area contributed by atoms with Gasteiger partial charge in [-0.15, -0.1) is 0 Å². The lowest BCUT2D eigenvalue weighted by atomic mass is 10.0. The first-order valence-electron chi connectivity index (χ1n) is 8.20. The minimum Gasteiger partial charge on any atom is -0.322 e. The van der Waals surface area contributed by atoms with Crippen molar-refractivity contribution in [1.29, 1.82) is 0 Å². The summed E-state index contributed by atoms with van der Waals surface area (Å²) in [5.41, 5.74) is 3.15. The van der Waals surface area contributed by atoms with E-state index in [1.807, 2.05) is 60.7 Å². The molecule has 2 nitrogen and oxygen atoms in total. The third kappa shape index (κ3) is 3.72. The van der Waals surface area contributed by atoms with Gasteiger partial charge in [0.25, 0.3) is 0 Å². The lowest BCUT2D eigenvalue weighted by Gasteiger charge is -2.07. The van der Waals surface area contributed by atoms with Gasteiger partial charge in [-0.2, -0.15) is 0 Å². The van der Waals surface area contributed by atoms with E-state index in [1.54, 1.807) is 6.08 Å². The Bertz CT molecular complexity index is 871. The Morgan fingerprint density at radius 2 is 1.62 bits per heavy atom. The van der Waals surface area contributed by atoms with E-state index in [1.165, 1.54) is 5.56 Å². The molecule has 1 amide bonds. The van der Waals surface area contributed by atoms with Gasteiger partial charge in [-0.3, -0.25) is 4.79 Å². The number of carbonyl (C=O) groups is 1. The van der Waals surface area contributed by atoms with Crippen LogP contribution < -0.4 is 5.32 Å². The van der Waals surface area contributed by atoms with E-state index < -0.39 is 0 Å². The van der Waals surface area contributed by atoms with Crippen molar-refractivity contribution in [2.45, 2.75) is 19.8 Å². The number of hydrogen-bond donors (Lipinski definition) is 1. The van der Waals surface area contributed by atoms with Gasteiger partial charge in [0.2, 0.25) is 5.91 Å². The molecule has 120 valence electrons. The van der Waals surface area contributed by atoms with Crippen LogP contribution in [0.25, 0.3) is 16.8 Å². The SMILES string of the molecule is CC(C)c1ccc(/C=C/C(=O)Nc2cccc3ccccc23)cc1. The van der Waals surface area contributed by atoms with Crippen molar-refractivity contribution in [3.63, 3.8) is 0 Å². The van der Waals surface area contributed by atoms with Gasteiger partial charge in [-0.1, -0.05) is 74.5 Å². The Balaban J connectivity index is 1.73. The van der Waals surface area contributed by atoms with E-state index in [4.69, 9.17) is 0 Å². The molecule has 0 bridgehead atoms. The number of anilines is 1. The highest BCUT2D eigenvalue weighted by Crippen LogP contribution is 2.23. The number of carbonyl (C=O) groups excluding carboxylic acids is 1. The average Bonchev–Trinajstić information content (AvgIpc) is 2.61. The quantitative estimate of drug-likeness (QED) is 0.622. The molecule has 0 aliphatic carbocycles. The van der Waals surface area contributed by atoms with Crippen molar-refractivity contribution in [2.75, 3.05) is 5.32 Å². The summed E-state index contributed by atoms with van der Waals surface area (Å²) in [5, 5.41) is 5.12. The Morgan fingerprint density at radius 1 is 0.917 bits per heavy atom. The van der Waals surface area contributed by atoms with Crippen LogP contribution in [0.15, 0.2) is 72.8 Å². The van der Waals surface area contributed by atoms with Gasteiger partial charge in [0.05, 0.1) is 0 Å². The van der Waals surface area contributed by atoms with E-state index in [2.05, 4.69) is 31.3 Å². The van der Waals surface area contributed by atoms with Crippen LogP contribution in [0.4, 0.5) is 5.69 Å². The smallest absolute Gasteiger partial charge is 0.248 e. The lowest BCUT2D eigenvalue weighted by molar-refractivity contribution is -0.111. The molecule has 2 heteroatoms. The monoisotopic (exact) mass is 315 g/mol. The second kappa shape index (κ2) is 7.14. The van der Waals surface area contributed by atoms with Crippen molar-refractivity contribution in [3.05, 3.63) is 83.9 Å². The molecule has 0 radical (unpaired) electrons. The summed E-state index contributed by atoms with van der Waals surface area (Å²) in [6.45, 7) is 4.34. The Kier molecular flexibility index (Phi) is 4.76. The van der Waals surface area contributed by atoms with Gasteiger partial charge in [0.1, 0.15) is 0 Å². The highest BCUT2D eigenvalue weighted by Gasteiger charge is 2.03. The summed E-state index contributed by atoms with van der Waals surface area (Å²) in [6, 6.07) is 22.2. The predicted octanol–water partition coefficient (Wildman–Crippen LogP) is 5.62. The molecule has 0 fully saturated rings. The predicted molar refractivity (Wildman–Crippen MR) is 102 cm³/mol. The summed E-state index contributed by atoms with van der Waals surface area (Å²) in [6.07, 6.45) is 3.41. The fourth-order valence-electron chi connectivity index (χ4n) is 2.67. The first kappa shape index (κ1) is 16.0. The molecule has 0 aromatic heterocycles. The number of rotatable bonds is 4. The summed E-state index contributed by atoms with van der Waals surface area (Å²) in [4.78, 5) is 12.2. The summed E-state index contributed by atoms with van der Waals surface area (Å²) < 4.78 is 0. The molecular formula is C22H21NO. The first-order valence-corrected chi connectivity index (χ1v) is 8.20. The van der Waals surface area contributed by atoms with Crippen LogP contribution in [0.2, 0.25) is 0 Å². The van der Waals surface area contributed by atoms with Crippen LogP contribution in [0, 0.1) is 0 Å². The Hall–Kier alpha value is -2.87. The van der Waals surface area contributed by atoms with E-state index in [0.29, 0.717) is 5.92 Å². The minimum atomic E-state index is -0.126. The van der Waals surface area contributed by atoms with Crippen LogP contribution in [0.3, 0.4) is 0 Å². The molecule has 0 spiro atoms. The maximum Gasteiger partial charge on any atom is 0.248 e. The van der Waals surface area contributed by atoms with Crippen molar-refractivity contribution >= 4 is 28.4 Å². The van der Waals surface area contributed by atoms with E-state index in [0.717, 1.165) is 22.0 Å². The van der Waals surface area contributed by atoms with Crippen LogP contribution in [0.5, 0.6) is 0 Å². The zero-order valence-electron chi connectivity index (χ0n) is 14.0. The summed E-state index contributed by atoms with van der Waals surface area (Å²) >= 11 is 0. The van der Waals surface area contributed by atoms with Crippen molar-refractivity contribution in [1.82, 2.24) is 0 Å². The topological polar surface area (TPSA) is 29.1 Å². The molecule has 1 N–H and O–H groups in total. The Morgan fingerprint density at radius 3 is 2.38 bits per heavy atom. The number of fused-ring (bicyclic) bond motifs is 1. The molecular weight excluding hydrogens is 294 g/mol. The normalized spacial score (nSPS) is 11.3. The minimum absolute atomic E-state index is 0.126. The van der Waals surface area contributed by atoms with Crippen LogP contribution in [-0.2, 0) is 4.79 Å². The standard InChI is InChI=1S/C22H21NO/c1-16(2)18-13-10-17(11-14-18)12-15-22(24)23-21-9-5-7-19-6-3-4-8-20(19)21/h3-16H,1-2H3,(H,23,24)/b15-12+. The highest BCUT2D eigenvalue weighted by atomic mass is 16.1. The molecule has 0 unspecified atom stereocenters. The highest BCUT2D eigenvalue weighted by molar-refractivity contribution is 6.07. The molecule has 0 aliphatic rings. The molecule has 24 heavy (non-hydrogen) atoms. The molecule has 0 aliphatic heterocycles. The van der Waals surface area contributed by atoms with Gasteiger partial charge in [-0.25, -0.2) is 0 Å². The molecule has 3 rings (SSSR count). The van der Waals surface area contributed by atoms with E-state index in [-0.39, 0.29) is 5.91 Å². The van der Waals surface area contributed by atoms with Crippen LogP contribution in [-0.4, -0.2) is 5.91 Å². The number of nitrogens with one attached hydrogen (secondary N) is 1. The van der Waals surface area contributed by atoms with E-state index >= 15 is 0 Å². The van der Waals surface area contributed by atoms with Gasteiger partial charge in [0, 0.05) is 17.1 Å². The molecule has 3 aromatic rings. The van der Waals surface area contributed by atoms with Crippen molar-refractivity contribution in [3.8, 4) is 0 Å². The maximum absolute atomic E-state index is 12.2. The fraction of sp³-hybridized carbons (Fsp3) is 0.136. The fourth-order valence-corrected chi connectivity index (χ4v) is 2.67. The van der Waals surface area contributed by atoms with Gasteiger partial charge < -0.3 is 5.32 Å². The van der Waals surface area contributed by atoms with Gasteiger partial charge in [-0.05, 0) is 34.6 Å². The van der Waals surface area contributed by atoms with Crippen LogP contribution >= 0.6 is 0 Å². The summed E-state index contributed by atoms with van der Waals surface area (Å²) in [5.74, 6) is 0.386. The molecule has 0 saturated carbocycles. The second-order valence-electron chi connectivity index (χ2n) is 6.17. The third-order valence-electron chi connectivity index (χ3n) is 4.08. The van der Waals surface area contributed by atoms with Crippen molar-refractivity contribution < 1.29 is 4.79 Å². The number of amides is 1. The Labute approximate surface area is 142 Å². The zero-order valence-corrected chi connectivity index (χ0v) is 14.0. The molecule has 0 heterocycles. The number of benzene rings is 3. The third-order valence-corrected chi connectivity index (χ3v) is 4.08. The zero-order chi connectivity index (χ0) is 16.9. The molecule has 0 atom stereocenters. The van der Waals surface area contributed by atoms with Gasteiger partial charge >= 0.3 is 0 Å². The molecule has 0 saturated heterocycles. The molecule has 3 aromatic carbocycles. The van der Waals surface area contributed by atoms with Gasteiger partial charge in [0.15, 0.2) is 0 Å². The largest absolute Gasteiger partial charge is 0.322 e. The average molecular weight is 315 g/mol. The first-order chi connectivity index (χ1) is 11.6. The lowest BCUT2D eigenvalue weighted by Crippen LogP contribution is -2.07. The van der Waals surface area contributed by atoms with E-state index in [9.17, 15) is 4.79 Å². The van der Waals surface area contributed by atoms with Crippen molar-refractivity contribution in [2.24, 2.45) is 0 Å². The number of hydrogen-bond acceptors (Lipinski definition) is 1. The van der Waals surface area contributed by atoms with Crippen LogP contribution in [0.1, 0.15) is 30.9 Å².